The van der Waals surface area contributed by atoms with Crippen LogP contribution < -0.4 is 0 Å². The smallest absolute Gasteiger partial charge is 0.0895 e. The molecule has 30 heavy (non-hydrogen) atoms. The maximum atomic E-state index is 6.52. The van der Waals surface area contributed by atoms with Gasteiger partial charge in [-0.2, -0.15) is 5.10 Å². The zero-order chi connectivity index (χ0) is 20.8. The zero-order valence-corrected chi connectivity index (χ0v) is 18.7. The number of hydrogen-bond donors (Lipinski definition) is 0. The van der Waals surface area contributed by atoms with E-state index in [4.69, 9.17) is 27.9 Å². The predicted octanol–water partition coefficient (Wildman–Crippen LogP) is 6.26. The lowest BCUT2D eigenvalue weighted by Crippen LogP contribution is -2.37. The van der Waals surface area contributed by atoms with E-state index in [1.807, 2.05) is 30.5 Å². The minimum atomic E-state index is 0.284. The second kappa shape index (κ2) is 8.07. The van der Waals surface area contributed by atoms with E-state index in [2.05, 4.69) is 34.3 Å². The van der Waals surface area contributed by atoms with Crippen LogP contribution in [0.2, 0.25) is 10.0 Å². The van der Waals surface area contributed by atoms with Crippen LogP contribution in [0.15, 0.2) is 48.8 Å². The first kappa shape index (κ1) is 20.2. The summed E-state index contributed by atoms with van der Waals surface area (Å²) in [6.07, 6.45) is 10.9. The summed E-state index contributed by atoms with van der Waals surface area (Å²) in [6.45, 7) is 7.63. The Kier molecular flexibility index (Phi) is 5.42. The Bertz CT molecular complexity index is 974. The van der Waals surface area contributed by atoms with Crippen molar-refractivity contribution in [3.8, 4) is 11.1 Å². The molecule has 2 aromatic rings. The summed E-state index contributed by atoms with van der Waals surface area (Å²) < 4.78 is 8.65. The van der Waals surface area contributed by atoms with Gasteiger partial charge >= 0.3 is 0 Å². The Morgan fingerprint density at radius 3 is 2.60 bits per heavy atom. The van der Waals surface area contributed by atoms with Crippen LogP contribution in [0.3, 0.4) is 0 Å². The van der Waals surface area contributed by atoms with Gasteiger partial charge in [-0.05, 0) is 50.8 Å². The van der Waals surface area contributed by atoms with Crippen LogP contribution >= 0.6 is 23.2 Å². The van der Waals surface area contributed by atoms with Crippen molar-refractivity contribution in [3.63, 3.8) is 0 Å². The first-order valence-electron chi connectivity index (χ1n) is 10.8. The molecule has 1 aromatic heterocycles. The van der Waals surface area contributed by atoms with Crippen molar-refractivity contribution >= 4 is 23.2 Å². The van der Waals surface area contributed by atoms with Gasteiger partial charge in [0.2, 0.25) is 0 Å². The van der Waals surface area contributed by atoms with Crippen molar-refractivity contribution in [1.29, 1.82) is 0 Å². The summed E-state index contributed by atoms with van der Waals surface area (Å²) in [5.74, 6) is 0.564. The van der Waals surface area contributed by atoms with Crippen molar-refractivity contribution in [2.24, 2.45) is 5.92 Å². The van der Waals surface area contributed by atoms with Gasteiger partial charge < -0.3 is 9.64 Å². The quantitative estimate of drug-likeness (QED) is 0.472. The molecule has 3 aliphatic rings. The molecule has 2 bridgehead atoms. The Balaban J connectivity index is 1.35. The molecule has 0 N–H and O–H groups in total. The van der Waals surface area contributed by atoms with Gasteiger partial charge in [-0.3, -0.25) is 4.68 Å². The largest absolute Gasteiger partial charge is 0.371 e. The van der Waals surface area contributed by atoms with Gasteiger partial charge in [-0.1, -0.05) is 41.9 Å². The summed E-state index contributed by atoms with van der Waals surface area (Å²) in [7, 11) is 0. The lowest BCUT2D eigenvalue weighted by Gasteiger charge is -2.34. The number of piperidine rings is 1. The highest BCUT2D eigenvalue weighted by atomic mass is 35.5. The molecule has 4 nitrogen and oxygen atoms in total. The van der Waals surface area contributed by atoms with Crippen molar-refractivity contribution in [1.82, 2.24) is 14.7 Å². The number of benzene rings is 1. The number of likely N-dealkylation sites (tertiary alicyclic amines) is 1. The van der Waals surface area contributed by atoms with Gasteiger partial charge in [0.1, 0.15) is 0 Å². The summed E-state index contributed by atoms with van der Waals surface area (Å²) in [5.41, 5.74) is 4.18. The molecule has 5 rings (SSSR count). The van der Waals surface area contributed by atoms with E-state index < -0.39 is 0 Å². The maximum absolute atomic E-state index is 6.52. The normalized spacial score (nSPS) is 25.9. The van der Waals surface area contributed by atoms with Crippen molar-refractivity contribution in [2.75, 3.05) is 6.54 Å². The lowest BCUT2D eigenvalue weighted by atomic mass is 10.0. The highest BCUT2D eigenvalue weighted by molar-refractivity contribution is 6.39. The Hall–Kier alpha value is -1.75. The number of halogens is 2. The molecule has 3 fully saturated rings. The minimum absolute atomic E-state index is 0.284. The molecule has 3 unspecified atom stereocenters. The van der Waals surface area contributed by atoms with Gasteiger partial charge in [0.15, 0.2) is 0 Å². The average molecular weight is 444 g/mol. The first-order chi connectivity index (χ1) is 14.6. The summed E-state index contributed by atoms with van der Waals surface area (Å²) in [5, 5.41) is 5.98. The molecule has 0 spiro atoms. The van der Waals surface area contributed by atoms with Crippen LogP contribution in [0.25, 0.3) is 11.1 Å². The highest BCUT2D eigenvalue weighted by Crippen LogP contribution is 2.44. The minimum Gasteiger partial charge on any atom is -0.371 e. The second-order valence-electron chi connectivity index (χ2n) is 8.58. The topological polar surface area (TPSA) is 30.3 Å². The molecule has 6 heteroatoms. The molecule has 0 amide bonds. The second-order valence-corrected chi connectivity index (χ2v) is 9.40. The third-order valence-corrected chi connectivity index (χ3v) is 7.40. The Morgan fingerprint density at radius 1 is 1.23 bits per heavy atom. The molecular formula is C24H27Cl2N3O. The third-order valence-electron chi connectivity index (χ3n) is 6.77. The molecule has 2 saturated carbocycles. The van der Waals surface area contributed by atoms with Crippen molar-refractivity contribution < 1.29 is 4.74 Å². The number of allylic oxidation sites excluding steroid dienone is 2. The fraction of sp³-hybridized carbons (Fsp3) is 0.458. The molecule has 1 aromatic carbocycles. The molecule has 2 aliphatic carbocycles. The maximum Gasteiger partial charge on any atom is 0.0895 e. The van der Waals surface area contributed by atoms with E-state index in [0.717, 1.165) is 29.8 Å². The van der Waals surface area contributed by atoms with Gasteiger partial charge in [-0.15, -0.1) is 0 Å². The zero-order valence-electron chi connectivity index (χ0n) is 17.2. The summed E-state index contributed by atoms with van der Waals surface area (Å²) in [4.78, 5) is 2.49. The van der Waals surface area contributed by atoms with Gasteiger partial charge in [0, 0.05) is 35.3 Å². The lowest BCUT2D eigenvalue weighted by molar-refractivity contribution is -0.00735. The molecule has 3 atom stereocenters. The van der Waals surface area contributed by atoms with E-state index in [0.29, 0.717) is 34.7 Å². The highest BCUT2D eigenvalue weighted by Gasteiger charge is 2.45. The molecule has 0 radical (unpaired) electrons. The van der Waals surface area contributed by atoms with Crippen LogP contribution in [0.5, 0.6) is 0 Å². The van der Waals surface area contributed by atoms with Crippen LogP contribution in [0.1, 0.15) is 44.3 Å². The van der Waals surface area contributed by atoms with E-state index in [1.54, 1.807) is 0 Å². The number of aromatic nitrogens is 2. The standard InChI is InChI=1S/C24H27Cl2N3O/c1-3-16(4-2)28-13-15-10-18(28)11-23(15)30-14-22-19(12-27-29(22)17-8-9-17)24-20(25)6-5-7-21(24)26/h3-7,12,15,17-18,23H,1,8-11,13-14H2,2H3/b16-4+. The SMILES string of the molecule is C=C/C(=C\C)N1CC2CC1CC2OCc1c(-c2c(Cl)cccc2Cl)cnn1C1CC1. The van der Waals surface area contributed by atoms with Crippen LogP contribution in [0.4, 0.5) is 0 Å². The molecule has 158 valence electrons. The number of fused-ring (bicyclic) bond motifs is 2. The summed E-state index contributed by atoms with van der Waals surface area (Å²) >= 11 is 13.0. The van der Waals surface area contributed by atoms with E-state index in [9.17, 15) is 0 Å². The van der Waals surface area contributed by atoms with Gasteiger partial charge in [-0.25, -0.2) is 0 Å². The average Bonchev–Trinajstić information content (AvgIpc) is 3.20. The predicted molar refractivity (Wildman–Crippen MR) is 122 cm³/mol. The first-order valence-corrected chi connectivity index (χ1v) is 11.5. The third kappa shape index (κ3) is 3.49. The summed E-state index contributed by atoms with van der Waals surface area (Å²) in [6, 6.07) is 6.66. The molecule has 1 saturated heterocycles. The fourth-order valence-corrected chi connectivity index (χ4v) is 5.74. The number of nitrogens with zero attached hydrogens (tertiary/aromatic N) is 3. The fourth-order valence-electron chi connectivity index (χ4n) is 5.14. The van der Waals surface area contributed by atoms with Crippen LogP contribution in [0, 0.1) is 5.92 Å². The number of hydrogen-bond acceptors (Lipinski definition) is 3. The van der Waals surface area contributed by atoms with E-state index in [1.165, 1.54) is 25.0 Å². The molecule has 2 heterocycles. The van der Waals surface area contributed by atoms with Gasteiger partial charge in [0.05, 0.1) is 40.7 Å². The Labute approximate surface area is 188 Å². The van der Waals surface area contributed by atoms with Crippen molar-refractivity contribution in [2.45, 2.75) is 57.4 Å². The monoisotopic (exact) mass is 443 g/mol. The van der Waals surface area contributed by atoms with E-state index >= 15 is 0 Å². The van der Waals surface area contributed by atoms with E-state index in [-0.39, 0.29) is 6.10 Å². The molecular weight excluding hydrogens is 417 g/mol. The molecule has 1 aliphatic heterocycles. The van der Waals surface area contributed by atoms with Gasteiger partial charge in [0.25, 0.3) is 0 Å². The number of rotatable bonds is 7. The Morgan fingerprint density at radius 2 is 2.00 bits per heavy atom. The number of ether oxygens (including phenoxy) is 1. The van der Waals surface area contributed by atoms with Crippen LogP contribution in [-0.4, -0.2) is 33.4 Å². The van der Waals surface area contributed by atoms with Crippen LogP contribution in [-0.2, 0) is 11.3 Å². The van der Waals surface area contributed by atoms with Crippen molar-refractivity contribution in [3.05, 3.63) is 64.6 Å².